The van der Waals surface area contributed by atoms with E-state index in [4.69, 9.17) is 0 Å². The smallest absolute Gasteiger partial charge is 0.247 e. The number of carbonyl (C=O) groups excluding carboxylic acids is 1. The largest absolute Gasteiger partial charge is 0.385 e. The van der Waals surface area contributed by atoms with Gasteiger partial charge in [0.15, 0.2) is 0 Å². The number of anilines is 1. The Kier molecular flexibility index (Phi) is 6.41. The molecule has 0 heterocycles. The Labute approximate surface area is 173 Å². The molecule has 0 unspecified atom stereocenters. The van der Waals surface area contributed by atoms with E-state index in [9.17, 15) is 9.18 Å². The van der Waals surface area contributed by atoms with Crippen LogP contribution in [0.3, 0.4) is 0 Å². The molecular formula is C25H31FN2O. The highest BCUT2D eigenvalue weighted by atomic mass is 19.1. The first-order chi connectivity index (χ1) is 13.7. The predicted octanol–water partition coefficient (Wildman–Crippen LogP) is 5.86. The van der Waals surface area contributed by atoms with E-state index in [1.165, 1.54) is 12.8 Å². The fourth-order valence-electron chi connectivity index (χ4n) is 3.39. The maximum absolute atomic E-state index is 14.8. The first-order valence-corrected chi connectivity index (χ1v) is 10.4. The van der Waals surface area contributed by atoms with Crippen molar-refractivity contribution in [2.24, 2.45) is 5.92 Å². The molecule has 1 amide bonds. The molecule has 1 aliphatic carbocycles. The number of carbonyl (C=O) groups is 1. The first kappa shape index (κ1) is 21.1. The van der Waals surface area contributed by atoms with E-state index in [0.29, 0.717) is 11.1 Å². The van der Waals surface area contributed by atoms with Crippen LogP contribution in [-0.4, -0.2) is 18.5 Å². The van der Waals surface area contributed by atoms with E-state index in [1.807, 2.05) is 65.0 Å². The number of hydrogen-bond acceptors (Lipinski definition) is 2. The van der Waals surface area contributed by atoms with Crippen LogP contribution >= 0.6 is 0 Å². The van der Waals surface area contributed by atoms with Crippen molar-refractivity contribution in [1.29, 1.82) is 0 Å². The molecule has 154 valence electrons. The topological polar surface area (TPSA) is 41.1 Å². The summed E-state index contributed by atoms with van der Waals surface area (Å²) in [7, 11) is 0. The number of nitrogens with one attached hydrogen (secondary N) is 2. The summed E-state index contributed by atoms with van der Waals surface area (Å²) in [6.07, 6.45) is 4.43. The summed E-state index contributed by atoms with van der Waals surface area (Å²) in [6.45, 7) is 10.6. The molecule has 0 radical (unpaired) electrons. The fourth-order valence-corrected chi connectivity index (χ4v) is 3.39. The van der Waals surface area contributed by atoms with Crippen molar-refractivity contribution < 1.29 is 9.18 Å². The lowest BCUT2D eigenvalue weighted by Crippen LogP contribution is -2.30. The maximum atomic E-state index is 14.8. The zero-order valence-electron chi connectivity index (χ0n) is 18.0. The van der Waals surface area contributed by atoms with Gasteiger partial charge in [-0.05, 0) is 99.9 Å². The van der Waals surface area contributed by atoms with Crippen LogP contribution in [0.5, 0.6) is 0 Å². The Morgan fingerprint density at radius 3 is 2.48 bits per heavy atom. The second kappa shape index (κ2) is 8.81. The van der Waals surface area contributed by atoms with Gasteiger partial charge in [-0.15, -0.1) is 0 Å². The van der Waals surface area contributed by atoms with Gasteiger partial charge in [0.05, 0.1) is 0 Å². The van der Waals surface area contributed by atoms with E-state index in [-0.39, 0.29) is 17.8 Å². The van der Waals surface area contributed by atoms with Crippen LogP contribution in [0.15, 0.2) is 35.9 Å². The normalized spacial score (nSPS) is 14.2. The Balaban J connectivity index is 1.84. The van der Waals surface area contributed by atoms with Crippen LogP contribution in [0.1, 0.15) is 50.3 Å². The summed E-state index contributed by atoms with van der Waals surface area (Å²) in [4.78, 5) is 12.2. The Morgan fingerprint density at radius 2 is 1.86 bits per heavy atom. The number of amides is 1. The van der Waals surface area contributed by atoms with Crippen LogP contribution in [0.4, 0.5) is 10.1 Å². The number of rotatable bonds is 7. The highest BCUT2D eigenvalue weighted by Crippen LogP contribution is 2.32. The number of halogens is 1. The number of hydrogen-bond donors (Lipinski definition) is 2. The second-order valence-electron chi connectivity index (χ2n) is 8.50. The van der Waals surface area contributed by atoms with Gasteiger partial charge in [-0.3, -0.25) is 4.79 Å². The molecule has 1 saturated carbocycles. The van der Waals surface area contributed by atoms with Crippen molar-refractivity contribution in [3.63, 3.8) is 0 Å². The Morgan fingerprint density at radius 1 is 1.14 bits per heavy atom. The van der Waals surface area contributed by atoms with E-state index in [1.54, 1.807) is 6.07 Å². The van der Waals surface area contributed by atoms with Gasteiger partial charge in [0.2, 0.25) is 5.91 Å². The highest BCUT2D eigenvalue weighted by Gasteiger charge is 2.20. The van der Waals surface area contributed by atoms with Crippen LogP contribution in [0.2, 0.25) is 0 Å². The third-order valence-electron chi connectivity index (χ3n) is 5.31. The van der Waals surface area contributed by atoms with E-state index in [0.717, 1.165) is 40.4 Å². The molecule has 0 saturated heterocycles. The lowest BCUT2D eigenvalue weighted by Gasteiger charge is -2.14. The van der Waals surface area contributed by atoms with Crippen molar-refractivity contribution in [2.75, 3.05) is 11.9 Å². The fraction of sp³-hybridized carbons (Fsp3) is 0.400. The molecule has 0 spiro atoms. The molecule has 1 aliphatic rings. The van der Waals surface area contributed by atoms with Crippen molar-refractivity contribution in [1.82, 2.24) is 5.32 Å². The molecule has 0 aliphatic heterocycles. The molecule has 3 rings (SSSR count). The number of benzene rings is 2. The molecule has 2 N–H and O–H groups in total. The zero-order chi connectivity index (χ0) is 21.1. The monoisotopic (exact) mass is 394 g/mol. The zero-order valence-corrected chi connectivity index (χ0v) is 18.0. The van der Waals surface area contributed by atoms with Gasteiger partial charge in [-0.2, -0.15) is 0 Å². The average molecular weight is 395 g/mol. The minimum atomic E-state index is -0.218. The molecule has 0 bridgehead atoms. The molecule has 2 aromatic carbocycles. The van der Waals surface area contributed by atoms with E-state index < -0.39 is 0 Å². The SMILES string of the molecule is C/C(=C\c1cc(C)c(-c2ccc(NCC3CC3)cc2F)cc1C)C(=O)NC(C)C. The summed E-state index contributed by atoms with van der Waals surface area (Å²) in [5.41, 5.74) is 5.95. The highest BCUT2D eigenvalue weighted by molar-refractivity contribution is 5.97. The predicted molar refractivity (Wildman–Crippen MR) is 119 cm³/mol. The summed E-state index contributed by atoms with van der Waals surface area (Å²) in [5, 5.41) is 6.23. The molecular weight excluding hydrogens is 363 g/mol. The molecule has 4 heteroatoms. The minimum Gasteiger partial charge on any atom is -0.385 e. The first-order valence-electron chi connectivity index (χ1n) is 10.4. The molecule has 29 heavy (non-hydrogen) atoms. The van der Waals surface area contributed by atoms with Crippen molar-refractivity contribution in [2.45, 2.75) is 53.5 Å². The summed E-state index contributed by atoms with van der Waals surface area (Å²) in [5.74, 6) is 0.458. The third kappa shape index (κ3) is 5.47. The second-order valence-corrected chi connectivity index (χ2v) is 8.50. The van der Waals surface area contributed by atoms with Crippen molar-refractivity contribution >= 4 is 17.7 Å². The summed E-state index contributed by atoms with van der Waals surface area (Å²) >= 11 is 0. The van der Waals surface area contributed by atoms with Gasteiger partial charge < -0.3 is 10.6 Å². The van der Waals surface area contributed by atoms with Crippen molar-refractivity contribution in [3.8, 4) is 11.1 Å². The molecule has 2 aromatic rings. The minimum absolute atomic E-state index is 0.0681. The van der Waals surface area contributed by atoms with E-state index >= 15 is 0 Å². The van der Waals surface area contributed by atoms with Gasteiger partial charge in [0.1, 0.15) is 5.82 Å². The standard InChI is InChI=1S/C25H31FN2O/c1-15(2)28-25(29)18(5)11-20-10-17(4)23(12-16(20)3)22-9-8-21(13-24(22)26)27-14-19-6-7-19/h8-13,15,19,27H,6-7,14H2,1-5H3,(H,28,29)/b18-11+. The van der Waals surface area contributed by atoms with Gasteiger partial charge in [0, 0.05) is 29.4 Å². The van der Waals surface area contributed by atoms with Gasteiger partial charge in [-0.1, -0.05) is 12.1 Å². The average Bonchev–Trinajstić information content (AvgIpc) is 3.47. The van der Waals surface area contributed by atoms with Gasteiger partial charge in [0.25, 0.3) is 0 Å². The van der Waals surface area contributed by atoms with Crippen molar-refractivity contribution in [3.05, 3.63) is 58.4 Å². The lowest BCUT2D eigenvalue weighted by molar-refractivity contribution is -0.117. The van der Waals surface area contributed by atoms with Crippen LogP contribution < -0.4 is 10.6 Å². The number of aryl methyl sites for hydroxylation is 2. The van der Waals surface area contributed by atoms with Crippen LogP contribution in [-0.2, 0) is 4.79 Å². The van der Waals surface area contributed by atoms with E-state index in [2.05, 4.69) is 10.6 Å². The van der Waals surface area contributed by atoms with Crippen LogP contribution in [0, 0.1) is 25.6 Å². The maximum Gasteiger partial charge on any atom is 0.247 e. The Hall–Kier alpha value is -2.62. The summed E-state index contributed by atoms with van der Waals surface area (Å²) in [6, 6.07) is 9.51. The quantitative estimate of drug-likeness (QED) is 0.578. The molecule has 3 nitrogen and oxygen atoms in total. The Bertz CT molecular complexity index is 942. The van der Waals surface area contributed by atoms with Gasteiger partial charge in [-0.25, -0.2) is 4.39 Å². The lowest BCUT2D eigenvalue weighted by atomic mass is 9.93. The van der Waals surface area contributed by atoms with Gasteiger partial charge >= 0.3 is 0 Å². The molecule has 1 fully saturated rings. The van der Waals surface area contributed by atoms with Crippen LogP contribution in [0.25, 0.3) is 17.2 Å². The molecule has 0 atom stereocenters. The third-order valence-corrected chi connectivity index (χ3v) is 5.31. The summed E-state index contributed by atoms with van der Waals surface area (Å²) < 4.78 is 14.8. The molecule has 0 aromatic heterocycles.